The second kappa shape index (κ2) is 8.84. The molecule has 156 valence electrons. The van der Waals surface area contributed by atoms with Gasteiger partial charge in [-0.25, -0.2) is 8.42 Å². The highest BCUT2D eigenvalue weighted by molar-refractivity contribution is 7.89. The summed E-state index contributed by atoms with van der Waals surface area (Å²) in [7, 11) is -0.524. The molecule has 1 fully saturated rings. The van der Waals surface area contributed by atoms with Gasteiger partial charge in [0.2, 0.25) is 10.0 Å². The Morgan fingerprint density at radius 1 is 1.00 bits per heavy atom. The smallest absolute Gasteiger partial charge is 0.259 e. The van der Waals surface area contributed by atoms with Gasteiger partial charge in [-0.15, -0.1) is 0 Å². The quantitative estimate of drug-likeness (QED) is 0.779. The first-order chi connectivity index (χ1) is 13.9. The fraction of sp³-hybridized carbons (Fsp3) is 0.381. The standard InChI is InChI=1S/C21H26N2O5S/c1-15-7-9-17(10-8-15)29(25,26)23-13-11-16(12-14-23)22-21(24)20-18(27-2)5-4-6-19(20)28-3/h4-10,16H,11-14H2,1-3H3,(H,22,24). The van der Waals surface area contributed by atoms with Crippen LogP contribution in [0.4, 0.5) is 0 Å². The minimum atomic E-state index is -3.52. The maximum absolute atomic E-state index is 12.8. The number of amides is 1. The molecule has 8 heteroatoms. The summed E-state index contributed by atoms with van der Waals surface area (Å²) in [5.74, 6) is 0.571. The summed E-state index contributed by atoms with van der Waals surface area (Å²) in [6.07, 6.45) is 1.07. The summed E-state index contributed by atoms with van der Waals surface area (Å²) in [5, 5.41) is 2.98. The molecule has 1 N–H and O–H groups in total. The summed E-state index contributed by atoms with van der Waals surface area (Å²) < 4.78 is 37.7. The first-order valence-corrected chi connectivity index (χ1v) is 10.9. The van der Waals surface area contributed by atoms with Crippen molar-refractivity contribution in [1.82, 2.24) is 9.62 Å². The van der Waals surface area contributed by atoms with E-state index in [1.165, 1.54) is 18.5 Å². The Bertz CT molecular complexity index is 943. The van der Waals surface area contributed by atoms with Gasteiger partial charge in [0.25, 0.3) is 5.91 Å². The summed E-state index contributed by atoms with van der Waals surface area (Å²) in [4.78, 5) is 13.1. The predicted octanol–water partition coefficient (Wildman–Crippen LogP) is 2.60. The van der Waals surface area contributed by atoms with Crippen LogP contribution in [0.2, 0.25) is 0 Å². The third kappa shape index (κ3) is 4.54. The molecule has 1 amide bonds. The molecule has 1 aliphatic heterocycles. The lowest BCUT2D eigenvalue weighted by molar-refractivity contribution is 0.0917. The van der Waals surface area contributed by atoms with Crippen molar-refractivity contribution in [2.24, 2.45) is 0 Å². The Labute approximate surface area is 171 Å². The molecule has 1 saturated heterocycles. The van der Waals surface area contributed by atoms with Crippen LogP contribution in [0.15, 0.2) is 47.4 Å². The van der Waals surface area contributed by atoms with Crippen LogP contribution in [0.3, 0.4) is 0 Å². The molecule has 29 heavy (non-hydrogen) atoms. The van der Waals surface area contributed by atoms with Gasteiger partial charge in [-0.2, -0.15) is 4.31 Å². The third-order valence-corrected chi connectivity index (χ3v) is 7.02. The molecule has 0 unspecified atom stereocenters. The second-order valence-corrected chi connectivity index (χ2v) is 8.94. The zero-order valence-electron chi connectivity index (χ0n) is 16.8. The number of sulfonamides is 1. The van der Waals surface area contributed by atoms with Crippen LogP contribution < -0.4 is 14.8 Å². The van der Waals surface area contributed by atoms with E-state index < -0.39 is 10.0 Å². The molecule has 0 saturated carbocycles. The van der Waals surface area contributed by atoms with E-state index in [2.05, 4.69) is 5.32 Å². The lowest BCUT2D eigenvalue weighted by Gasteiger charge is -2.31. The highest BCUT2D eigenvalue weighted by Gasteiger charge is 2.30. The zero-order valence-corrected chi connectivity index (χ0v) is 17.7. The van der Waals surface area contributed by atoms with Crippen LogP contribution in [0.5, 0.6) is 11.5 Å². The van der Waals surface area contributed by atoms with Crippen LogP contribution in [0.1, 0.15) is 28.8 Å². The lowest BCUT2D eigenvalue weighted by Crippen LogP contribution is -2.46. The minimum absolute atomic E-state index is 0.124. The molecule has 7 nitrogen and oxygen atoms in total. The molecular formula is C21H26N2O5S. The van der Waals surface area contributed by atoms with Gasteiger partial charge in [-0.3, -0.25) is 4.79 Å². The molecule has 1 heterocycles. The SMILES string of the molecule is COc1cccc(OC)c1C(=O)NC1CCN(S(=O)(=O)c2ccc(C)cc2)CC1. The molecular weight excluding hydrogens is 392 g/mol. The van der Waals surface area contributed by atoms with Gasteiger partial charge in [0.05, 0.1) is 19.1 Å². The van der Waals surface area contributed by atoms with Crippen LogP contribution in [-0.2, 0) is 10.0 Å². The normalized spacial score (nSPS) is 15.7. The first kappa shape index (κ1) is 21.1. The number of piperidine rings is 1. The summed E-state index contributed by atoms with van der Waals surface area (Å²) >= 11 is 0. The van der Waals surface area contributed by atoms with Crippen molar-refractivity contribution in [3.05, 3.63) is 53.6 Å². The Morgan fingerprint density at radius 2 is 1.55 bits per heavy atom. The van der Waals surface area contributed by atoms with Gasteiger partial charge >= 0.3 is 0 Å². The number of carbonyl (C=O) groups excluding carboxylic acids is 1. The molecule has 0 bridgehead atoms. The summed E-state index contributed by atoms with van der Waals surface area (Å²) in [6, 6.07) is 11.9. The molecule has 0 aromatic heterocycles. The lowest BCUT2D eigenvalue weighted by atomic mass is 10.1. The van der Waals surface area contributed by atoms with Gasteiger partial charge < -0.3 is 14.8 Å². The minimum Gasteiger partial charge on any atom is -0.496 e. The number of ether oxygens (including phenoxy) is 2. The average molecular weight is 419 g/mol. The average Bonchev–Trinajstić information content (AvgIpc) is 2.73. The topological polar surface area (TPSA) is 84.9 Å². The van der Waals surface area contributed by atoms with Gasteiger partial charge in [0.1, 0.15) is 17.1 Å². The highest BCUT2D eigenvalue weighted by atomic mass is 32.2. The van der Waals surface area contributed by atoms with E-state index >= 15 is 0 Å². The van der Waals surface area contributed by atoms with Crippen molar-refractivity contribution in [3.8, 4) is 11.5 Å². The largest absolute Gasteiger partial charge is 0.496 e. The number of aryl methyl sites for hydroxylation is 1. The van der Waals surface area contributed by atoms with Crippen molar-refractivity contribution in [2.75, 3.05) is 27.3 Å². The Balaban J connectivity index is 1.66. The molecule has 3 rings (SSSR count). The Morgan fingerprint density at radius 3 is 2.07 bits per heavy atom. The number of hydrogen-bond acceptors (Lipinski definition) is 5. The second-order valence-electron chi connectivity index (χ2n) is 7.00. The van der Waals surface area contributed by atoms with Gasteiger partial charge in [0, 0.05) is 19.1 Å². The summed E-state index contributed by atoms with van der Waals surface area (Å²) in [6.45, 7) is 2.62. The zero-order chi connectivity index (χ0) is 21.0. The van der Waals surface area contributed by atoms with E-state index in [0.29, 0.717) is 47.9 Å². The predicted molar refractivity (Wildman–Crippen MR) is 110 cm³/mol. The Hall–Kier alpha value is -2.58. The first-order valence-electron chi connectivity index (χ1n) is 9.45. The van der Waals surface area contributed by atoms with E-state index in [9.17, 15) is 13.2 Å². The molecule has 1 aliphatic rings. The van der Waals surface area contributed by atoms with E-state index in [4.69, 9.17) is 9.47 Å². The fourth-order valence-corrected chi connectivity index (χ4v) is 4.90. The van der Waals surface area contributed by atoms with Crippen LogP contribution >= 0.6 is 0 Å². The molecule has 0 spiro atoms. The van der Waals surface area contributed by atoms with Crippen molar-refractivity contribution >= 4 is 15.9 Å². The number of methoxy groups -OCH3 is 2. The summed E-state index contributed by atoms with van der Waals surface area (Å²) in [5.41, 5.74) is 1.35. The molecule has 0 aliphatic carbocycles. The van der Waals surface area contributed by atoms with Gasteiger partial charge in [-0.05, 0) is 44.0 Å². The number of nitrogens with zero attached hydrogens (tertiary/aromatic N) is 1. The molecule has 2 aromatic rings. The van der Waals surface area contributed by atoms with E-state index in [-0.39, 0.29) is 11.9 Å². The molecule has 0 atom stereocenters. The van der Waals surface area contributed by atoms with Crippen LogP contribution in [-0.4, -0.2) is 52.0 Å². The number of benzene rings is 2. The fourth-order valence-electron chi connectivity index (χ4n) is 3.43. The van der Waals surface area contributed by atoms with Crippen molar-refractivity contribution < 1.29 is 22.7 Å². The third-order valence-electron chi connectivity index (χ3n) is 5.10. The number of rotatable bonds is 6. The number of carbonyl (C=O) groups is 1. The Kier molecular flexibility index (Phi) is 6.44. The highest BCUT2D eigenvalue weighted by Crippen LogP contribution is 2.29. The number of hydrogen-bond donors (Lipinski definition) is 1. The number of nitrogens with one attached hydrogen (secondary N) is 1. The van der Waals surface area contributed by atoms with Crippen LogP contribution in [0, 0.1) is 6.92 Å². The maximum Gasteiger partial charge on any atom is 0.259 e. The monoisotopic (exact) mass is 418 g/mol. The van der Waals surface area contributed by atoms with E-state index in [1.807, 2.05) is 6.92 Å². The molecule has 2 aromatic carbocycles. The maximum atomic E-state index is 12.8. The van der Waals surface area contributed by atoms with Crippen molar-refractivity contribution in [3.63, 3.8) is 0 Å². The molecule has 0 radical (unpaired) electrons. The van der Waals surface area contributed by atoms with Crippen molar-refractivity contribution in [2.45, 2.75) is 30.7 Å². The van der Waals surface area contributed by atoms with Gasteiger partial charge in [0.15, 0.2) is 0 Å². The van der Waals surface area contributed by atoms with E-state index in [1.54, 1.807) is 42.5 Å². The van der Waals surface area contributed by atoms with Crippen LogP contribution in [0.25, 0.3) is 0 Å². The van der Waals surface area contributed by atoms with E-state index in [0.717, 1.165) is 5.56 Å². The van der Waals surface area contributed by atoms with Crippen molar-refractivity contribution in [1.29, 1.82) is 0 Å². The van der Waals surface area contributed by atoms with Gasteiger partial charge in [-0.1, -0.05) is 23.8 Å².